The molecule has 2 aromatic heterocycles. The number of hydrogen-bond acceptors (Lipinski definition) is 5. The number of carboxylic acids is 1. The van der Waals surface area contributed by atoms with Crippen molar-refractivity contribution in [3.8, 4) is 0 Å². The zero-order chi connectivity index (χ0) is 21.6. The van der Waals surface area contributed by atoms with E-state index in [0.717, 1.165) is 46.6 Å². The van der Waals surface area contributed by atoms with Crippen LogP contribution in [-0.2, 0) is 22.4 Å². The second-order valence-corrected chi connectivity index (χ2v) is 10.4. The highest BCUT2D eigenvalue weighted by Gasteiger charge is 2.35. The molecule has 0 fully saturated rings. The molecule has 3 heterocycles. The van der Waals surface area contributed by atoms with E-state index in [4.69, 9.17) is 9.72 Å². The van der Waals surface area contributed by atoms with Crippen LogP contribution in [0.2, 0.25) is 0 Å². The fourth-order valence-corrected chi connectivity index (χ4v) is 5.99. The Morgan fingerprint density at radius 3 is 2.67 bits per heavy atom. The van der Waals surface area contributed by atoms with Gasteiger partial charge in [0, 0.05) is 39.4 Å². The molecule has 160 valence electrons. The van der Waals surface area contributed by atoms with Crippen LogP contribution in [0, 0.1) is 6.92 Å². The largest absolute Gasteiger partial charge is 0.479 e. The molecule has 0 spiro atoms. The summed E-state index contributed by atoms with van der Waals surface area (Å²) in [6.07, 6.45) is 8.33. The first-order chi connectivity index (χ1) is 14.2. The zero-order valence-electron chi connectivity index (χ0n) is 18.4. The van der Waals surface area contributed by atoms with Gasteiger partial charge in [0.1, 0.15) is 4.83 Å². The molecule has 5 nitrogen and oxygen atoms in total. The third-order valence-corrected chi connectivity index (χ3v) is 6.98. The monoisotopic (exact) mass is 426 g/mol. The summed E-state index contributed by atoms with van der Waals surface area (Å²) in [7, 11) is 0. The first-order valence-corrected chi connectivity index (χ1v) is 11.5. The molecule has 1 unspecified atom stereocenters. The van der Waals surface area contributed by atoms with Crippen LogP contribution in [-0.4, -0.2) is 27.9 Å². The number of pyridine rings is 1. The standard InChI is InChI=1S/C24H30N2O3S/c1-13-12-15(10-11-25-13)19-18(21(23(27)28)29-24(3,4)5)14(2)26-22-20(19)16-8-6-7-9-17(16)30-22/h11-12,15,21H,6-10H2,1-5H3,(H,27,28)/t15?,21-/m1/s1. The van der Waals surface area contributed by atoms with Crippen LogP contribution in [0.1, 0.15) is 86.2 Å². The average molecular weight is 427 g/mol. The topological polar surface area (TPSA) is 71.8 Å². The summed E-state index contributed by atoms with van der Waals surface area (Å²) in [5.41, 5.74) is 4.31. The second kappa shape index (κ2) is 7.89. The van der Waals surface area contributed by atoms with Crippen molar-refractivity contribution < 1.29 is 14.6 Å². The smallest absolute Gasteiger partial charge is 0.337 e. The van der Waals surface area contributed by atoms with Gasteiger partial charge in [0.15, 0.2) is 6.10 Å². The van der Waals surface area contributed by atoms with Gasteiger partial charge >= 0.3 is 5.97 Å². The molecule has 0 bridgehead atoms. The number of carbonyl (C=O) groups is 1. The molecule has 6 heteroatoms. The Bertz CT molecular complexity index is 1060. The molecule has 4 rings (SSSR count). The molecule has 1 aliphatic carbocycles. The molecule has 2 atom stereocenters. The van der Waals surface area contributed by atoms with Crippen molar-refractivity contribution in [3.05, 3.63) is 39.0 Å². The molecule has 2 aliphatic rings. The van der Waals surface area contributed by atoms with E-state index in [-0.39, 0.29) is 5.92 Å². The molecule has 0 radical (unpaired) electrons. The molecule has 0 saturated carbocycles. The maximum atomic E-state index is 12.4. The van der Waals surface area contributed by atoms with Crippen molar-refractivity contribution in [2.75, 3.05) is 0 Å². The Labute approximate surface area is 181 Å². The summed E-state index contributed by atoms with van der Waals surface area (Å²) in [6, 6.07) is 0. The number of aliphatic carboxylic acids is 1. The summed E-state index contributed by atoms with van der Waals surface area (Å²) < 4.78 is 6.10. The maximum absolute atomic E-state index is 12.4. The van der Waals surface area contributed by atoms with Crippen LogP contribution < -0.4 is 0 Å². The lowest BCUT2D eigenvalue weighted by Crippen LogP contribution is -2.29. The predicted molar refractivity (Wildman–Crippen MR) is 122 cm³/mol. The minimum absolute atomic E-state index is 0.0766. The number of aliphatic imine (C=N–C) groups is 1. The van der Waals surface area contributed by atoms with Gasteiger partial charge in [-0.25, -0.2) is 9.78 Å². The number of hydrogen-bond donors (Lipinski definition) is 1. The number of thiophene rings is 1. The minimum atomic E-state index is -1.05. The van der Waals surface area contributed by atoms with Crippen LogP contribution >= 0.6 is 11.3 Å². The number of fused-ring (bicyclic) bond motifs is 3. The number of aromatic nitrogens is 1. The summed E-state index contributed by atoms with van der Waals surface area (Å²) in [5, 5.41) is 11.3. The van der Waals surface area contributed by atoms with Crippen LogP contribution in [0.4, 0.5) is 0 Å². The summed E-state index contributed by atoms with van der Waals surface area (Å²) in [6.45, 7) is 9.61. The van der Waals surface area contributed by atoms with Gasteiger partial charge in [0.2, 0.25) is 0 Å². The van der Waals surface area contributed by atoms with Crippen molar-refractivity contribution in [1.29, 1.82) is 0 Å². The first-order valence-electron chi connectivity index (χ1n) is 10.7. The summed E-state index contributed by atoms with van der Waals surface area (Å²) in [4.78, 5) is 24.2. The maximum Gasteiger partial charge on any atom is 0.337 e. The van der Waals surface area contributed by atoms with E-state index in [1.54, 1.807) is 11.3 Å². The summed E-state index contributed by atoms with van der Waals surface area (Å²) >= 11 is 1.78. The van der Waals surface area contributed by atoms with Crippen LogP contribution in [0.3, 0.4) is 0 Å². The van der Waals surface area contributed by atoms with Crippen molar-refractivity contribution in [2.24, 2.45) is 4.99 Å². The number of rotatable bonds is 4. The molecular weight excluding hydrogens is 396 g/mol. The number of ether oxygens (including phenoxy) is 1. The number of carboxylic acid groups (broad SMARTS) is 1. The number of nitrogens with zero attached hydrogens (tertiary/aromatic N) is 2. The minimum Gasteiger partial charge on any atom is -0.479 e. The van der Waals surface area contributed by atoms with Gasteiger partial charge in [-0.15, -0.1) is 11.3 Å². The highest BCUT2D eigenvalue weighted by atomic mass is 32.1. The highest BCUT2D eigenvalue weighted by molar-refractivity contribution is 7.18. The SMILES string of the molecule is CC1=CC(c2c([C@@H](OC(C)(C)C)C(=O)O)c(C)nc3sc4c(c23)CCCC4)CC=N1. The van der Waals surface area contributed by atoms with Gasteiger partial charge in [-0.05, 0) is 77.8 Å². The van der Waals surface area contributed by atoms with E-state index < -0.39 is 17.7 Å². The van der Waals surface area contributed by atoms with E-state index in [9.17, 15) is 9.90 Å². The van der Waals surface area contributed by atoms with Crippen molar-refractivity contribution in [1.82, 2.24) is 4.98 Å². The van der Waals surface area contributed by atoms with Gasteiger partial charge in [-0.1, -0.05) is 6.08 Å². The van der Waals surface area contributed by atoms with Crippen LogP contribution in [0.5, 0.6) is 0 Å². The van der Waals surface area contributed by atoms with Gasteiger partial charge in [0.05, 0.1) is 5.60 Å². The van der Waals surface area contributed by atoms with Crippen molar-refractivity contribution in [3.63, 3.8) is 0 Å². The zero-order valence-corrected chi connectivity index (χ0v) is 19.2. The van der Waals surface area contributed by atoms with Gasteiger partial charge < -0.3 is 9.84 Å². The van der Waals surface area contributed by atoms with Crippen LogP contribution in [0.15, 0.2) is 16.8 Å². The van der Waals surface area contributed by atoms with E-state index in [0.29, 0.717) is 0 Å². The fraction of sp³-hybridized carbons (Fsp3) is 0.542. The highest BCUT2D eigenvalue weighted by Crippen LogP contribution is 2.45. The average Bonchev–Trinajstić information content (AvgIpc) is 3.02. The lowest BCUT2D eigenvalue weighted by atomic mass is 9.83. The molecular formula is C24H30N2O3S. The molecule has 30 heavy (non-hydrogen) atoms. The second-order valence-electron chi connectivity index (χ2n) is 9.33. The Hall–Kier alpha value is -2.05. The van der Waals surface area contributed by atoms with Gasteiger partial charge in [-0.3, -0.25) is 4.99 Å². The molecule has 1 N–H and O–H groups in total. The third-order valence-electron chi connectivity index (χ3n) is 5.80. The summed E-state index contributed by atoms with van der Waals surface area (Å²) in [5.74, 6) is -0.891. The van der Waals surface area contributed by atoms with Gasteiger partial charge in [0.25, 0.3) is 0 Å². The van der Waals surface area contributed by atoms with E-state index in [1.165, 1.54) is 28.7 Å². The Balaban J connectivity index is 2.03. The molecule has 0 saturated heterocycles. The number of allylic oxidation sites excluding steroid dienone is 2. The first kappa shape index (κ1) is 21.2. The third kappa shape index (κ3) is 3.95. The molecule has 2 aromatic rings. The quantitative estimate of drug-likeness (QED) is 0.662. The predicted octanol–water partition coefficient (Wildman–Crippen LogP) is 5.89. The van der Waals surface area contributed by atoms with E-state index >= 15 is 0 Å². The lowest BCUT2D eigenvalue weighted by Gasteiger charge is -2.30. The molecule has 1 aliphatic heterocycles. The molecule has 0 amide bonds. The van der Waals surface area contributed by atoms with E-state index in [2.05, 4.69) is 11.1 Å². The number of aryl methyl sites for hydroxylation is 3. The lowest BCUT2D eigenvalue weighted by molar-refractivity contribution is -0.160. The Morgan fingerprint density at radius 2 is 2.00 bits per heavy atom. The molecule has 0 aromatic carbocycles. The Morgan fingerprint density at radius 1 is 1.27 bits per heavy atom. The van der Waals surface area contributed by atoms with Crippen molar-refractivity contribution in [2.45, 2.75) is 84.3 Å². The fourth-order valence-electron chi connectivity index (χ4n) is 4.67. The van der Waals surface area contributed by atoms with Crippen LogP contribution in [0.25, 0.3) is 10.2 Å². The normalized spacial score (nSPS) is 20.2. The van der Waals surface area contributed by atoms with E-state index in [1.807, 2.05) is 40.8 Å². The Kier molecular flexibility index (Phi) is 5.58. The van der Waals surface area contributed by atoms with Crippen molar-refractivity contribution >= 4 is 33.7 Å². The van der Waals surface area contributed by atoms with Gasteiger partial charge in [-0.2, -0.15) is 0 Å².